The van der Waals surface area contributed by atoms with Gasteiger partial charge in [-0.15, -0.1) is 0 Å². The van der Waals surface area contributed by atoms with Crippen LogP contribution in [0, 0.1) is 0 Å². The molecule has 0 spiro atoms. The molecular weight excluding hydrogens is 493 g/mol. The van der Waals surface area contributed by atoms with Gasteiger partial charge in [0.15, 0.2) is 0 Å². The summed E-state index contributed by atoms with van der Waals surface area (Å²) >= 11 is 6.10. The minimum Gasteiger partial charge on any atom is -0.399 e. The molecule has 0 aliphatic carbocycles. The van der Waals surface area contributed by atoms with Gasteiger partial charge in [0.1, 0.15) is 5.82 Å². The Labute approximate surface area is 201 Å². The van der Waals surface area contributed by atoms with E-state index in [2.05, 4.69) is 20.6 Å². The Morgan fingerprint density at radius 3 is 2.62 bits per heavy atom. The van der Waals surface area contributed by atoms with Crippen LogP contribution in [0.2, 0.25) is 5.28 Å². The quantitative estimate of drug-likeness (QED) is 0.411. The molecule has 0 saturated carbocycles. The molecule has 0 bridgehead atoms. The molecule has 1 atom stereocenters. The van der Waals surface area contributed by atoms with Crippen molar-refractivity contribution in [3.63, 3.8) is 0 Å². The van der Waals surface area contributed by atoms with Crippen molar-refractivity contribution in [3.8, 4) is 0 Å². The third-order valence-electron chi connectivity index (χ3n) is 6.22. The van der Waals surface area contributed by atoms with Gasteiger partial charge in [0.2, 0.25) is 15.3 Å². The van der Waals surface area contributed by atoms with Crippen LogP contribution in [0.15, 0.2) is 18.2 Å². The van der Waals surface area contributed by atoms with Gasteiger partial charge in [-0.1, -0.05) is 0 Å². The molecule has 0 radical (unpaired) electrons. The molecule has 13 heteroatoms. The maximum Gasteiger partial charge on any atom is 0.416 e. The summed E-state index contributed by atoms with van der Waals surface area (Å²) in [7, 11) is -3.53. The Morgan fingerprint density at radius 2 is 1.94 bits per heavy atom. The Morgan fingerprint density at radius 1 is 1.24 bits per heavy atom. The number of aromatic nitrogens is 2. The molecule has 3 heterocycles. The SMILES string of the molecule is C[C@@H](Nc1nc(Cl)nc2c1CN(S(=O)(=O)C1CCNCC1)CC2)c1cc(N)cc(C(F)(F)F)c1. The molecule has 1 saturated heterocycles. The third kappa shape index (κ3) is 5.24. The van der Waals surface area contributed by atoms with Crippen LogP contribution in [0.5, 0.6) is 0 Å². The standard InChI is InChI=1S/C21H26ClF3N6O2S/c1-12(13-8-14(21(23,24)25)10-15(26)9-13)28-19-17-11-31(7-4-18(17)29-20(22)30-19)34(32,33)16-2-5-27-6-3-16/h8-10,12,16,27H,2-7,11,26H2,1H3,(H,28,29,30)/t12-/m1/s1. The van der Waals surface area contributed by atoms with Crippen molar-refractivity contribution in [2.45, 2.75) is 50.2 Å². The second-order valence-electron chi connectivity index (χ2n) is 8.60. The first-order chi connectivity index (χ1) is 15.9. The van der Waals surface area contributed by atoms with E-state index in [4.69, 9.17) is 17.3 Å². The lowest BCUT2D eigenvalue weighted by Crippen LogP contribution is -2.46. The highest BCUT2D eigenvalue weighted by molar-refractivity contribution is 7.89. The van der Waals surface area contributed by atoms with E-state index in [1.807, 2.05) is 0 Å². The second kappa shape index (κ2) is 9.48. The number of nitrogens with two attached hydrogens (primary N) is 1. The molecule has 1 fully saturated rings. The van der Waals surface area contributed by atoms with E-state index in [0.717, 1.165) is 12.1 Å². The number of rotatable bonds is 5. The van der Waals surface area contributed by atoms with Crippen LogP contribution in [0.1, 0.15) is 48.2 Å². The summed E-state index contributed by atoms with van der Waals surface area (Å²) < 4.78 is 67.6. The van der Waals surface area contributed by atoms with E-state index in [0.29, 0.717) is 55.0 Å². The average molecular weight is 519 g/mol. The lowest BCUT2D eigenvalue weighted by Gasteiger charge is -2.33. The van der Waals surface area contributed by atoms with Crippen LogP contribution in [-0.2, 0) is 29.2 Å². The molecule has 186 valence electrons. The summed E-state index contributed by atoms with van der Waals surface area (Å²) in [6, 6.07) is 2.74. The Hall–Kier alpha value is -2.15. The van der Waals surface area contributed by atoms with Crippen LogP contribution in [0.4, 0.5) is 24.7 Å². The maximum atomic E-state index is 13.2. The number of sulfonamides is 1. The van der Waals surface area contributed by atoms with E-state index in [9.17, 15) is 21.6 Å². The molecule has 2 aliphatic rings. The first-order valence-electron chi connectivity index (χ1n) is 10.9. The maximum absolute atomic E-state index is 13.2. The van der Waals surface area contributed by atoms with E-state index in [1.54, 1.807) is 6.92 Å². The number of alkyl halides is 3. The molecule has 1 aromatic heterocycles. The molecule has 4 rings (SSSR count). The minimum atomic E-state index is -4.54. The van der Waals surface area contributed by atoms with Gasteiger partial charge < -0.3 is 16.4 Å². The lowest BCUT2D eigenvalue weighted by atomic mass is 10.0. The van der Waals surface area contributed by atoms with Gasteiger partial charge in [-0.25, -0.2) is 18.4 Å². The summed E-state index contributed by atoms with van der Waals surface area (Å²) in [6.45, 7) is 3.32. The highest BCUT2D eigenvalue weighted by Crippen LogP contribution is 2.35. The van der Waals surface area contributed by atoms with Gasteiger partial charge in [-0.3, -0.25) is 0 Å². The molecule has 4 N–H and O–H groups in total. The zero-order valence-electron chi connectivity index (χ0n) is 18.5. The predicted octanol–water partition coefficient (Wildman–Crippen LogP) is 3.34. The topological polar surface area (TPSA) is 113 Å². The first kappa shape index (κ1) is 25.0. The average Bonchev–Trinajstić information content (AvgIpc) is 2.78. The number of anilines is 2. The van der Waals surface area contributed by atoms with Crippen LogP contribution < -0.4 is 16.4 Å². The molecular formula is C21H26ClF3N6O2S. The number of benzene rings is 1. The predicted molar refractivity (Wildman–Crippen MR) is 124 cm³/mol. The fourth-order valence-electron chi connectivity index (χ4n) is 4.38. The summed E-state index contributed by atoms with van der Waals surface area (Å²) in [5.74, 6) is 0.295. The number of halogens is 4. The number of nitrogen functional groups attached to an aromatic ring is 1. The number of nitrogens with zero attached hydrogens (tertiary/aromatic N) is 3. The zero-order chi connectivity index (χ0) is 24.7. The van der Waals surface area contributed by atoms with Crippen molar-refractivity contribution in [3.05, 3.63) is 45.9 Å². The molecule has 0 amide bonds. The lowest BCUT2D eigenvalue weighted by molar-refractivity contribution is -0.137. The van der Waals surface area contributed by atoms with E-state index < -0.39 is 33.1 Å². The largest absolute Gasteiger partial charge is 0.416 e. The van der Waals surface area contributed by atoms with Gasteiger partial charge in [0.05, 0.1) is 22.5 Å². The smallest absolute Gasteiger partial charge is 0.399 e. The fraction of sp³-hybridized carbons (Fsp3) is 0.524. The summed E-state index contributed by atoms with van der Waals surface area (Å²) in [6.07, 6.45) is -3.09. The number of piperidine rings is 1. The van der Waals surface area contributed by atoms with Crippen molar-refractivity contribution >= 4 is 33.1 Å². The van der Waals surface area contributed by atoms with Crippen LogP contribution in [-0.4, -0.2) is 47.6 Å². The Balaban J connectivity index is 1.62. The van der Waals surface area contributed by atoms with Gasteiger partial charge in [0.25, 0.3) is 0 Å². The van der Waals surface area contributed by atoms with Gasteiger partial charge in [-0.2, -0.15) is 17.5 Å². The van der Waals surface area contributed by atoms with Crippen molar-refractivity contribution in [2.24, 2.45) is 0 Å². The number of hydrogen-bond donors (Lipinski definition) is 3. The Bertz CT molecular complexity index is 1170. The van der Waals surface area contributed by atoms with Crippen LogP contribution >= 0.6 is 11.6 Å². The van der Waals surface area contributed by atoms with E-state index in [-0.39, 0.29) is 24.1 Å². The second-order valence-corrected chi connectivity index (χ2v) is 11.1. The van der Waals surface area contributed by atoms with Gasteiger partial charge in [-0.05, 0) is 68.2 Å². The molecule has 34 heavy (non-hydrogen) atoms. The van der Waals surface area contributed by atoms with E-state index in [1.165, 1.54) is 10.4 Å². The van der Waals surface area contributed by atoms with Crippen molar-refractivity contribution < 1.29 is 21.6 Å². The molecule has 2 aromatic rings. The zero-order valence-corrected chi connectivity index (χ0v) is 20.1. The number of fused-ring (bicyclic) bond motifs is 1. The van der Waals surface area contributed by atoms with Gasteiger partial charge >= 0.3 is 6.18 Å². The van der Waals surface area contributed by atoms with Gasteiger partial charge in [0, 0.05) is 30.8 Å². The number of hydrogen-bond acceptors (Lipinski definition) is 7. The van der Waals surface area contributed by atoms with Crippen molar-refractivity contribution in [1.82, 2.24) is 19.6 Å². The van der Waals surface area contributed by atoms with E-state index >= 15 is 0 Å². The highest BCUT2D eigenvalue weighted by Gasteiger charge is 2.36. The summed E-state index contributed by atoms with van der Waals surface area (Å²) in [5, 5.41) is 5.79. The Kier molecular flexibility index (Phi) is 6.96. The monoisotopic (exact) mass is 518 g/mol. The highest BCUT2D eigenvalue weighted by atomic mass is 35.5. The summed E-state index contributed by atoms with van der Waals surface area (Å²) in [4.78, 5) is 8.49. The molecule has 1 aromatic carbocycles. The third-order valence-corrected chi connectivity index (χ3v) is 8.74. The van der Waals surface area contributed by atoms with Crippen molar-refractivity contribution in [2.75, 3.05) is 30.7 Å². The normalized spacial score (nSPS) is 19.0. The molecule has 2 aliphatic heterocycles. The van der Waals surface area contributed by atoms with Crippen molar-refractivity contribution in [1.29, 1.82) is 0 Å². The first-order valence-corrected chi connectivity index (χ1v) is 12.8. The number of nitrogens with one attached hydrogen (secondary N) is 2. The molecule has 0 unspecified atom stereocenters. The van der Waals surface area contributed by atoms with Crippen LogP contribution in [0.3, 0.4) is 0 Å². The van der Waals surface area contributed by atoms with Crippen LogP contribution in [0.25, 0.3) is 0 Å². The molecule has 8 nitrogen and oxygen atoms in total. The summed E-state index contributed by atoms with van der Waals surface area (Å²) in [5.41, 5.74) is 6.35. The minimum absolute atomic E-state index is 0.0135. The fourth-order valence-corrected chi connectivity index (χ4v) is 6.47.